The van der Waals surface area contributed by atoms with Gasteiger partial charge in [-0.1, -0.05) is 19.8 Å². The highest BCUT2D eigenvalue weighted by molar-refractivity contribution is 6.08. The minimum Gasteiger partial charge on any atom is -0.352 e. The van der Waals surface area contributed by atoms with Gasteiger partial charge in [0.05, 0.1) is 0 Å². The van der Waals surface area contributed by atoms with E-state index in [1.54, 1.807) is 0 Å². The van der Waals surface area contributed by atoms with Crippen molar-refractivity contribution < 1.29 is 9.59 Å². The van der Waals surface area contributed by atoms with Crippen molar-refractivity contribution in [2.45, 2.75) is 51.5 Å². The molecule has 0 aromatic carbocycles. The molecule has 118 valence electrons. The van der Waals surface area contributed by atoms with E-state index in [9.17, 15) is 9.59 Å². The molecule has 21 heavy (non-hydrogen) atoms. The zero-order valence-electron chi connectivity index (χ0n) is 13.1. The van der Waals surface area contributed by atoms with Crippen molar-refractivity contribution in [1.82, 2.24) is 15.1 Å². The topological polar surface area (TPSA) is 52.7 Å². The number of piperazine rings is 1. The molecule has 3 fully saturated rings. The molecule has 0 aromatic heterocycles. The van der Waals surface area contributed by atoms with Gasteiger partial charge in [-0.15, -0.1) is 0 Å². The highest BCUT2D eigenvalue weighted by atomic mass is 16.2. The standard InChI is InChI=1S/C16H27N3O2/c1-2-18-9-11-19(12-10-18)15(21)16(7-8-16)14(20)17-13-5-3-4-6-13/h13H,2-12H2,1H3,(H,17,20). The molecular weight excluding hydrogens is 266 g/mol. The average molecular weight is 293 g/mol. The number of likely N-dealkylation sites (N-methyl/N-ethyl adjacent to an activating group) is 1. The van der Waals surface area contributed by atoms with Gasteiger partial charge in [-0.3, -0.25) is 9.59 Å². The molecule has 3 rings (SSSR count). The minimum absolute atomic E-state index is 0.00248. The van der Waals surface area contributed by atoms with Gasteiger partial charge >= 0.3 is 0 Å². The van der Waals surface area contributed by atoms with Crippen LogP contribution in [0.5, 0.6) is 0 Å². The smallest absolute Gasteiger partial charge is 0.238 e. The molecule has 2 amide bonds. The van der Waals surface area contributed by atoms with E-state index in [0.29, 0.717) is 6.04 Å². The molecule has 1 aliphatic heterocycles. The van der Waals surface area contributed by atoms with Gasteiger partial charge in [0.15, 0.2) is 0 Å². The van der Waals surface area contributed by atoms with E-state index in [1.807, 2.05) is 4.90 Å². The molecule has 3 aliphatic rings. The third-order valence-corrected chi connectivity index (χ3v) is 5.39. The van der Waals surface area contributed by atoms with Crippen LogP contribution in [0.2, 0.25) is 0 Å². The number of rotatable bonds is 4. The summed E-state index contributed by atoms with van der Waals surface area (Å²) in [5.74, 6) is 0.0751. The first-order valence-electron chi connectivity index (χ1n) is 8.48. The molecule has 0 unspecified atom stereocenters. The highest BCUT2D eigenvalue weighted by Crippen LogP contribution is 2.48. The predicted molar refractivity (Wildman–Crippen MR) is 80.8 cm³/mol. The van der Waals surface area contributed by atoms with Crippen LogP contribution >= 0.6 is 0 Å². The zero-order chi connectivity index (χ0) is 14.9. The van der Waals surface area contributed by atoms with Crippen molar-refractivity contribution in [2.24, 2.45) is 5.41 Å². The predicted octanol–water partition coefficient (Wildman–Crippen LogP) is 0.989. The Morgan fingerprint density at radius 2 is 1.71 bits per heavy atom. The van der Waals surface area contributed by atoms with Gasteiger partial charge < -0.3 is 15.1 Å². The largest absolute Gasteiger partial charge is 0.352 e. The summed E-state index contributed by atoms with van der Waals surface area (Å²) in [5.41, 5.74) is -0.711. The molecule has 0 radical (unpaired) electrons. The first-order valence-corrected chi connectivity index (χ1v) is 8.48. The summed E-state index contributed by atoms with van der Waals surface area (Å²) in [6.07, 6.45) is 6.02. The van der Waals surface area contributed by atoms with Crippen molar-refractivity contribution in [3.05, 3.63) is 0 Å². The van der Waals surface area contributed by atoms with Crippen LogP contribution in [0, 0.1) is 5.41 Å². The molecule has 0 bridgehead atoms. The van der Waals surface area contributed by atoms with Crippen LogP contribution in [0.25, 0.3) is 0 Å². The molecule has 1 heterocycles. The van der Waals surface area contributed by atoms with E-state index < -0.39 is 5.41 Å². The van der Waals surface area contributed by atoms with E-state index in [0.717, 1.165) is 58.4 Å². The van der Waals surface area contributed by atoms with Crippen molar-refractivity contribution in [3.8, 4) is 0 Å². The van der Waals surface area contributed by atoms with E-state index in [1.165, 1.54) is 12.8 Å². The monoisotopic (exact) mass is 293 g/mol. The van der Waals surface area contributed by atoms with Gasteiger partial charge in [0.2, 0.25) is 11.8 Å². The van der Waals surface area contributed by atoms with Crippen LogP contribution < -0.4 is 5.32 Å². The fourth-order valence-corrected chi connectivity index (χ4v) is 3.63. The fourth-order valence-electron chi connectivity index (χ4n) is 3.63. The molecule has 1 N–H and O–H groups in total. The van der Waals surface area contributed by atoms with Crippen molar-refractivity contribution in [2.75, 3.05) is 32.7 Å². The Balaban J connectivity index is 1.57. The van der Waals surface area contributed by atoms with Crippen LogP contribution in [0.4, 0.5) is 0 Å². The Morgan fingerprint density at radius 1 is 1.10 bits per heavy atom. The SMILES string of the molecule is CCN1CCN(C(=O)C2(C(=O)NC3CCCC3)CC2)CC1. The summed E-state index contributed by atoms with van der Waals surface area (Å²) >= 11 is 0. The minimum atomic E-state index is -0.711. The molecule has 0 aromatic rings. The van der Waals surface area contributed by atoms with E-state index in [4.69, 9.17) is 0 Å². The number of nitrogens with zero attached hydrogens (tertiary/aromatic N) is 2. The maximum atomic E-state index is 12.7. The lowest BCUT2D eigenvalue weighted by molar-refractivity contribution is -0.145. The maximum absolute atomic E-state index is 12.7. The number of nitrogens with one attached hydrogen (secondary N) is 1. The summed E-state index contributed by atoms with van der Waals surface area (Å²) in [5, 5.41) is 3.12. The number of hydrogen-bond acceptors (Lipinski definition) is 3. The fraction of sp³-hybridized carbons (Fsp3) is 0.875. The molecular formula is C16H27N3O2. The van der Waals surface area contributed by atoms with Gasteiger partial charge in [0.1, 0.15) is 5.41 Å². The Morgan fingerprint density at radius 3 is 2.24 bits per heavy atom. The van der Waals surface area contributed by atoms with Crippen LogP contribution in [-0.2, 0) is 9.59 Å². The number of carbonyl (C=O) groups excluding carboxylic acids is 2. The normalized spacial score (nSPS) is 25.9. The molecule has 1 saturated heterocycles. The first-order chi connectivity index (χ1) is 10.2. The first kappa shape index (κ1) is 14.8. The second kappa shape index (κ2) is 5.95. The third kappa shape index (κ3) is 2.93. The number of hydrogen-bond donors (Lipinski definition) is 1. The number of amides is 2. The van der Waals surface area contributed by atoms with E-state index >= 15 is 0 Å². The lowest BCUT2D eigenvalue weighted by Gasteiger charge is -2.36. The van der Waals surface area contributed by atoms with Gasteiger partial charge in [-0.05, 0) is 32.2 Å². The molecule has 0 spiro atoms. The van der Waals surface area contributed by atoms with Crippen LogP contribution in [0.1, 0.15) is 45.4 Å². The van der Waals surface area contributed by atoms with Gasteiger partial charge in [-0.2, -0.15) is 0 Å². The molecule has 2 saturated carbocycles. The lowest BCUT2D eigenvalue weighted by Crippen LogP contribution is -2.53. The summed E-state index contributed by atoms with van der Waals surface area (Å²) in [6, 6.07) is 0.305. The molecule has 2 aliphatic carbocycles. The quantitative estimate of drug-likeness (QED) is 0.787. The van der Waals surface area contributed by atoms with Gasteiger partial charge in [-0.25, -0.2) is 0 Å². The van der Waals surface area contributed by atoms with Crippen molar-refractivity contribution in [1.29, 1.82) is 0 Å². The third-order valence-electron chi connectivity index (χ3n) is 5.39. The van der Waals surface area contributed by atoms with Crippen LogP contribution in [-0.4, -0.2) is 60.4 Å². The van der Waals surface area contributed by atoms with Gasteiger partial charge in [0.25, 0.3) is 0 Å². The maximum Gasteiger partial charge on any atom is 0.238 e. The van der Waals surface area contributed by atoms with Crippen molar-refractivity contribution >= 4 is 11.8 Å². The van der Waals surface area contributed by atoms with E-state index in [2.05, 4.69) is 17.1 Å². The Bertz CT molecular complexity index is 406. The Kier molecular flexibility index (Phi) is 4.20. The van der Waals surface area contributed by atoms with Crippen molar-refractivity contribution in [3.63, 3.8) is 0 Å². The molecule has 0 atom stereocenters. The molecule has 5 nitrogen and oxygen atoms in total. The molecule has 5 heteroatoms. The summed E-state index contributed by atoms with van der Waals surface area (Å²) in [6.45, 7) is 6.59. The highest BCUT2D eigenvalue weighted by Gasteiger charge is 2.58. The summed E-state index contributed by atoms with van der Waals surface area (Å²) in [7, 11) is 0. The average Bonchev–Trinajstić information content (AvgIpc) is 3.18. The zero-order valence-corrected chi connectivity index (χ0v) is 13.1. The lowest BCUT2D eigenvalue weighted by atomic mass is 10.0. The van der Waals surface area contributed by atoms with Gasteiger partial charge in [0, 0.05) is 32.2 Å². The Hall–Kier alpha value is -1.10. The van der Waals surface area contributed by atoms with Crippen LogP contribution in [0.15, 0.2) is 0 Å². The van der Waals surface area contributed by atoms with E-state index in [-0.39, 0.29) is 11.8 Å². The second-order valence-electron chi connectivity index (χ2n) is 6.76. The summed E-state index contributed by atoms with van der Waals surface area (Å²) < 4.78 is 0. The Labute approximate surface area is 127 Å². The summed E-state index contributed by atoms with van der Waals surface area (Å²) in [4.78, 5) is 29.5. The second-order valence-corrected chi connectivity index (χ2v) is 6.76. The number of carbonyl (C=O) groups is 2. The van der Waals surface area contributed by atoms with Crippen LogP contribution in [0.3, 0.4) is 0 Å².